The van der Waals surface area contributed by atoms with Gasteiger partial charge in [-0.2, -0.15) is 0 Å². The molecule has 0 saturated heterocycles. The second-order valence-corrected chi connectivity index (χ2v) is 11.7. The molecular formula is C30H56O2. The maximum absolute atomic E-state index is 10.2. The third-order valence-corrected chi connectivity index (χ3v) is 10.1. The molecule has 2 heteroatoms. The van der Waals surface area contributed by atoms with E-state index in [9.17, 15) is 10.2 Å². The maximum atomic E-state index is 10.2. The molecule has 4 aliphatic carbocycles. The van der Waals surface area contributed by atoms with Gasteiger partial charge in [0.25, 0.3) is 0 Å². The number of aliphatic hydroxyl groups excluding tert-OH is 2. The standard InChI is InChI=1S/C26H44O2.2C2H6/c1-17(2)24(28)7-5-6-18-9-11-22-21-10-8-19-16-20(27)12-14-26(19,4)23(21)13-15-25(18,22)3;2*1-2/h8,17-18,20-24,27-28H,5-7,9-16H2,1-4H3;2*1-2H3. The zero-order valence-electron chi connectivity index (χ0n) is 22.8. The van der Waals surface area contributed by atoms with Crippen molar-refractivity contribution in [2.45, 2.75) is 138 Å². The molecule has 3 fully saturated rings. The maximum Gasteiger partial charge on any atom is 0.0577 e. The van der Waals surface area contributed by atoms with Crippen LogP contribution in [0.2, 0.25) is 0 Å². The second kappa shape index (κ2) is 11.9. The van der Waals surface area contributed by atoms with Crippen LogP contribution in [-0.4, -0.2) is 22.4 Å². The second-order valence-electron chi connectivity index (χ2n) is 11.7. The fourth-order valence-electron chi connectivity index (χ4n) is 8.13. The molecule has 0 aromatic rings. The predicted molar refractivity (Wildman–Crippen MR) is 139 cm³/mol. The Balaban J connectivity index is 0.000000860. The van der Waals surface area contributed by atoms with Crippen molar-refractivity contribution in [3.8, 4) is 0 Å². The first-order valence-electron chi connectivity index (χ1n) is 14.3. The molecular weight excluding hydrogens is 392 g/mol. The summed E-state index contributed by atoms with van der Waals surface area (Å²) in [6.07, 6.45) is 15.9. The highest BCUT2D eigenvalue weighted by molar-refractivity contribution is 5.25. The van der Waals surface area contributed by atoms with Crippen LogP contribution in [0.5, 0.6) is 0 Å². The van der Waals surface area contributed by atoms with E-state index in [1.165, 1.54) is 51.4 Å². The molecule has 0 aromatic heterocycles. The molecule has 0 bridgehead atoms. The van der Waals surface area contributed by atoms with Crippen molar-refractivity contribution in [2.24, 2.45) is 40.4 Å². The molecule has 0 spiro atoms. The molecule has 32 heavy (non-hydrogen) atoms. The van der Waals surface area contributed by atoms with Crippen molar-refractivity contribution in [2.75, 3.05) is 0 Å². The lowest BCUT2D eigenvalue weighted by Gasteiger charge is -2.58. The van der Waals surface area contributed by atoms with Crippen LogP contribution in [-0.2, 0) is 0 Å². The van der Waals surface area contributed by atoms with Gasteiger partial charge in [-0.1, -0.05) is 73.5 Å². The fraction of sp³-hybridized carbons (Fsp3) is 0.933. The zero-order chi connectivity index (χ0) is 24.1. The minimum atomic E-state index is -0.121. The van der Waals surface area contributed by atoms with Crippen LogP contribution in [0.25, 0.3) is 0 Å². The van der Waals surface area contributed by atoms with Crippen molar-refractivity contribution in [1.82, 2.24) is 0 Å². The summed E-state index contributed by atoms with van der Waals surface area (Å²) >= 11 is 0. The number of hydrogen-bond donors (Lipinski definition) is 2. The van der Waals surface area contributed by atoms with E-state index in [1.54, 1.807) is 5.57 Å². The molecule has 2 N–H and O–H groups in total. The molecule has 2 nitrogen and oxygen atoms in total. The van der Waals surface area contributed by atoms with Gasteiger partial charge in [-0.25, -0.2) is 0 Å². The number of hydrogen-bond acceptors (Lipinski definition) is 2. The highest BCUT2D eigenvalue weighted by Crippen LogP contribution is 2.66. The van der Waals surface area contributed by atoms with Gasteiger partial charge in [-0.3, -0.25) is 0 Å². The van der Waals surface area contributed by atoms with E-state index < -0.39 is 0 Å². The summed E-state index contributed by atoms with van der Waals surface area (Å²) < 4.78 is 0. The van der Waals surface area contributed by atoms with Gasteiger partial charge in [0, 0.05) is 0 Å². The van der Waals surface area contributed by atoms with Crippen LogP contribution < -0.4 is 0 Å². The van der Waals surface area contributed by atoms with Crippen LogP contribution >= 0.6 is 0 Å². The average molecular weight is 449 g/mol. The fourth-order valence-corrected chi connectivity index (χ4v) is 8.13. The van der Waals surface area contributed by atoms with Gasteiger partial charge < -0.3 is 10.2 Å². The summed E-state index contributed by atoms with van der Waals surface area (Å²) in [5, 5.41) is 20.4. The van der Waals surface area contributed by atoms with Crippen molar-refractivity contribution in [3.63, 3.8) is 0 Å². The quantitative estimate of drug-likeness (QED) is 0.416. The van der Waals surface area contributed by atoms with Gasteiger partial charge in [0.05, 0.1) is 12.2 Å². The Kier molecular flexibility index (Phi) is 10.4. The number of allylic oxidation sites excluding steroid dienone is 1. The monoisotopic (exact) mass is 448 g/mol. The molecule has 8 atom stereocenters. The highest BCUT2D eigenvalue weighted by Gasteiger charge is 2.58. The molecule has 4 rings (SSSR count). The zero-order valence-corrected chi connectivity index (χ0v) is 22.8. The lowest BCUT2D eigenvalue weighted by molar-refractivity contribution is -0.0512. The molecule has 188 valence electrons. The molecule has 0 aliphatic heterocycles. The Morgan fingerprint density at radius 1 is 0.969 bits per heavy atom. The Bertz CT molecular complexity index is 596. The highest BCUT2D eigenvalue weighted by atomic mass is 16.3. The lowest BCUT2D eigenvalue weighted by atomic mass is 9.47. The third-order valence-electron chi connectivity index (χ3n) is 10.1. The smallest absolute Gasteiger partial charge is 0.0577 e. The molecule has 0 aromatic carbocycles. The van der Waals surface area contributed by atoms with Gasteiger partial charge in [0.2, 0.25) is 0 Å². The van der Waals surface area contributed by atoms with E-state index in [2.05, 4.69) is 33.8 Å². The average Bonchev–Trinajstić information content (AvgIpc) is 3.13. The number of aliphatic hydroxyl groups is 2. The topological polar surface area (TPSA) is 40.5 Å². The normalized spacial score (nSPS) is 41.1. The van der Waals surface area contributed by atoms with Crippen LogP contribution in [0.1, 0.15) is 126 Å². The van der Waals surface area contributed by atoms with Crippen molar-refractivity contribution >= 4 is 0 Å². The summed E-state index contributed by atoms with van der Waals surface area (Å²) in [4.78, 5) is 0. The minimum Gasteiger partial charge on any atom is -0.393 e. The van der Waals surface area contributed by atoms with Gasteiger partial charge >= 0.3 is 0 Å². The molecule has 3 saturated carbocycles. The van der Waals surface area contributed by atoms with Crippen LogP contribution in [0.4, 0.5) is 0 Å². The Labute approximate surface area is 200 Å². The minimum absolute atomic E-state index is 0.0956. The van der Waals surface area contributed by atoms with E-state index in [-0.39, 0.29) is 12.2 Å². The molecule has 0 heterocycles. The largest absolute Gasteiger partial charge is 0.393 e. The first-order valence-corrected chi connectivity index (χ1v) is 14.3. The molecule has 0 radical (unpaired) electrons. The van der Waals surface area contributed by atoms with Gasteiger partial charge in [0.1, 0.15) is 0 Å². The summed E-state index contributed by atoms with van der Waals surface area (Å²) in [5.74, 6) is 3.87. The molecule has 0 amide bonds. The van der Waals surface area contributed by atoms with Gasteiger partial charge in [-0.05, 0) is 105 Å². The van der Waals surface area contributed by atoms with Crippen LogP contribution in [0.15, 0.2) is 11.6 Å². The van der Waals surface area contributed by atoms with E-state index in [1.807, 2.05) is 27.7 Å². The third kappa shape index (κ3) is 5.32. The Hall–Kier alpha value is -0.340. The number of fused-ring (bicyclic) bond motifs is 5. The Morgan fingerprint density at radius 2 is 1.66 bits per heavy atom. The van der Waals surface area contributed by atoms with E-state index in [4.69, 9.17) is 0 Å². The number of rotatable bonds is 5. The van der Waals surface area contributed by atoms with Crippen LogP contribution in [0, 0.1) is 40.4 Å². The van der Waals surface area contributed by atoms with Crippen molar-refractivity contribution in [3.05, 3.63) is 11.6 Å². The van der Waals surface area contributed by atoms with E-state index >= 15 is 0 Å². The van der Waals surface area contributed by atoms with Gasteiger partial charge in [0.15, 0.2) is 0 Å². The summed E-state index contributed by atoms with van der Waals surface area (Å²) in [6.45, 7) is 17.4. The summed E-state index contributed by atoms with van der Waals surface area (Å²) in [7, 11) is 0. The Morgan fingerprint density at radius 3 is 2.31 bits per heavy atom. The van der Waals surface area contributed by atoms with Crippen molar-refractivity contribution < 1.29 is 10.2 Å². The van der Waals surface area contributed by atoms with E-state index in [0.29, 0.717) is 16.7 Å². The van der Waals surface area contributed by atoms with E-state index in [0.717, 1.165) is 42.9 Å². The lowest BCUT2D eigenvalue weighted by Crippen LogP contribution is -2.50. The van der Waals surface area contributed by atoms with Crippen molar-refractivity contribution in [1.29, 1.82) is 0 Å². The summed E-state index contributed by atoms with van der Waals surface area (Å²) in [6, 6.07) is 0. The first-order chi connectivity index (χ1) is 15.3. The SMILES string of the molecule is CC.CC.CC(C)C(O)CCCC1CCC2C3CC=C4CC(O)CCC4(C)C3CCC12C. The van der Waals surface area contributed by atoms with Crippen LogP contribution in [0.3, 0.4) is 0 Å². The molecule has 4 aliphatic rings. The predicted octanol–water partition coefficient (Wildman–Crippen LogP) is 8.17. The van der Waals surface area contributed by atoms with Gasteiger partial charge in [-0.15, -0.1) is 0 Å². The summed E-state index contributed by atoms with van der Waals surface area (Å²) in [5.41, 5.74) is 2.48. The molecule has 8 unspecified atom stereocenters. The first kappa shape index (κ1) is 27.9.